The van der Waals surface area contributed by atoms with Gasteiger partial charge in [-0.2, -0.15) is 0 Å². The Balaban J connectivity index is 2.89. The Morgan fingerprint density at radius 2 is 0.948 bits per heavy atom. The van der Waals surface area contributed by atoms with Gasteiger partial charge < -0.3 is 43.5 Å². The lowest BCUT2D eigenvalue weighted by Gasteiger charge is -2.30. The Morgan fingerprint density at radius 1 is 0.552 bits per heavy atom. The Labute approximate surface area is 341 Å². The molecule has 58 heavy (non-hydrogen) atoms. The average Bonchev–Trinajstić information content (AvgIpc) is 3.34. The van der Waals surface area contributed by atoms with Crippen LogP contribution in [0.1, 0.15) is 122 Å². The quantitative estimate of drug-likeness (QED) is 0.0592. The summed E-state index contributed by atoms with van der Waals surface area (Å²) in [5.74, 6) is -2.42. The highest BCUT2D eigenvalue weighted by Crippen LogP contribution is 2.16. The highest BCUT2D eigenvalue weighted by molar-refractivity contribution is 6.01. The van der Waals surface area contributed by atoms with Crippen LogP contribution < -0.4 is 5.32 Å². The van der Waals surface area contributed by atoms with E-state index in [2.05, 4.69) is 14.9 Å². The van der Waals surface area contributed by atoms with Crippen molar-refractivity contribution in [3.8, 4) is 0 Å². The number of rotatable bonds is 18. The van der Waals surface area contributed by atoms with Gasteiger partial charge in [-0.1, -0.05) is 5.06 Å². The molecule has 1 N–H and O–H groups in total. The number of hydroxylamine groups is 2. The fraction of sp³-hybridized carbons (Fsp3) is 0.789. The number of carbonyl (C=O) groups excluding carboxylic acids is 8. The van der Waals surface area contributed by atoms with E-state index in [4.69, 9.17) is 23.7 Å². The summed E-state index contributed by atoms with van der Waals surface area (Å²) in [5.41, 5.74) is -3.11. The molecule has 0 saturated carbocycles. The van der Waals surface area contributed by atoms with Crippen molar-refractivity contribution in [1.29, 1.82) is 0 Å². The summed E-state index contributed by atoms with van der Waals surface area (Å²) in [6.07, 6.45) is -2.66. The van der Waals surface area contributed by atoms with Crippen LogP contribution in [-0.2, 0) is 47.6 Å². The predicted molar refractivity (Wildman–Crippen MR) is 206 cm³/mol. The van der Waals surface area contributed by atoms with Crippen molar-refractivity contribution in [1.82, 2.24) is 25.1 Å². The molecule has 20 heteroatoms. The maximum atomic E-state index is 13.3. The number of hydrogen-bond acceptors (Lipinski definition) is 15. The first-order valence-electron chi connectivity index (χ1n) is 19.3. The van der Waals surface area contributed by atoms with E-state index < -0.39 is 84.1 Å². The first-order valence-corrected chi connectivity index (χ1v) is 19.3. The van der Waals surface area contributed by atoms with Gasteiger partial charge >= 0.3 is 36.5 Å². The van der Waals surface area contributed by atoms with Crippen LogP contribution in [0.15, 0.2) is 0 Å². The second kappa shape index (κ2) is 22.8. The zero-order chi connectivity index (χ0) is 44.5. The average molecular weight is 832 g/mol. The van der Waals surface area contributed by atoms with E-state index in [1.165, 1.54) is 4.90 Å². The number of ether oxygens (including phenoxy) is 6. The van der Waals surface area contributed by atoms with Crippen molar-refractivity contribution >= 4 is 48.3 Å². The minimum Gasteiger partial charge on any atom is -0.444 e. The van der Waals surface area contributed by atoms with Gasteiger partial charge in [0, 0.05) is 52.1 Å². The Bertz CT molecular complexity index is 1410. The molecule has 20 nitrogen and oxygen atoms in total. The lowest BCUT2D eigenvalue weighted by molar-refractivity contribution is -0.182. The smallest absolute Gasteiger partial charge is 0.444 e. The minimum atomic E-state index is -1.45. The van der Waals surface area contributed by atoms with Gasteiger partial charge in [0.15, 0.2) is 0 Å². The molecule has 0 aromatic heterocycles. The van der Waals surface area contributed by atoms with Crippen molar-refractivity contribution < 1.29 is 71.6 Å². The summed E-state index contributed by atoms with van der Waals surface area (Å²) >= 11 is 0. The van der Waals surface area contributed by atoms with Crippen LogP contribution in [0.5, 0.6) is 0 Å². The summed E-state index contributed by atoms with van der Waals surface area (Å²) in [7, 11) is 0. The Kier molecular flexibility index (Phi) is 20.0. The van der Waals surface area contributed by atoms with Gasteiger partial charge in [0.05, 0.1) is 0 Å². The maximum absolute atomic E-state index is 13.3. The molecular formula is C38H65N5O15. The van der Waals surface area contributed by atoms with Gasteiger partial charge in [-0.05, 0) is 109 Å². The van der Waals surface area contributed by atoms with Crippen LogP contribution in [0.3, 0.4) is 0 Å². The molecule has 1 aliphatic rings. The fourth-order valence-corrected chi connectivity index (χ4v) is 4.74. The van der Waals surface area contributed by atoms with Crippen LogP contribution in [0.25, 0.3) is 0 Å². The number of carbonyl (C=O) groups is 8. The lowest BCUT2D eigenvalue weighted by atomic mass is 10.2. The maximum Gasteiger partial charge on any atom is 0.536 e. The van der Waals surface area contributed by atoms with E-state index in [9.17, 15) is 38.4 Å². The second-order valence-corrected chi connectivity index (χ2v) is 17.4. The van der Waals surface area contributed by atoms with Crippen LogP contribution in [0.4, 0.5) is 24.0 Å². The fourth-order valence-electron chi connectivity index (χ4n) is 4.74. The number of hydrogen-bond donors (Lipinski definition) is 1. The number of unbranched alkanes of at least 4 members (excludes halogenated alkanes) is 1. The molecule has 0 unspecified atom stereocenters. The van der Waals surface area contributed by atoms with Crippen LogP contribution in [0, 0.1) is 0 Å². The van der Waals surface area contributed by atoms with Crippen molar-refractivity contribution in [2.75, 3.05) is 52.6 Å². The first kappa shape index (κ1) is 51.0. The van der Waals surface area contributed by atoms with Crippen LogP contribution in [0.2, 0.25) is 0 Å². The molecule has 0 bridgehead atoms. The number of nitrogens with one attached hydrogen (secondary N) is 1. The number of imide groups is 1. The van der Waals surface area contributed by atoms with Crippen LogP contribution >= 0.6 is 0 Å². The Morgan fingerprint density at radius 3 is 1.40 bits per heavy atom. The summed E-state index contributed by atoms with van der Waals surface area (Å²) in [4.78, 5) is 108. The van der Waals surface area contributed by atoms with E-state index in [1.54, 1.807) is 88.0 Å². The molecule has 0 atom stereocenters. The predicted octanol–water partition coefficient (Wildman–Crippen LogP) is 5.50. The van der Waals surface area contributed by atoms with Gasteiger partial charge in [0.1, 0.15) is 28.9 Å². The van der Waals surface area contributed by atoms with Gasteiger partial charge in [0.25, 0.3) is 11.8 Å². The molecule has 6 amide bonds. The van der Waals surface area contributed by atoms with E-state index in [0.717, 1.165) is 4.90 Å². The molecule has 1 saturated heterocycles. The summed E-state index contributed by atoms with van der Waals surface area (Å²) in [5, 5.41) is 2.95. The van der Waals surface area contributed by atoms with Crippen molar-refractivity contribution in [3.05, 3.63) is 0 Å². The van der Waals surface area contributed by atoms with Crippen molar-refractivity contribution in [3.63, 3.8) is 0 Å². The summed E-state index contributed by atoms with van der Waals surface area (Å²) < 4.78 is 31.5. The Hall–Kier alpha value is -5.04. The highest BCUT2D eigenvalue weighted by atomic mass is 16.9. The third-order valence-electron chi connectivity index (χ3n) is 7.08. The summed E-state index contributed by atoms with van der Waals surface area (Å²) in [6.45, 7) is 20.3. The molecular weight excluding hydrogens is 766 g/mol. The molecule has 1 heterocycles. The lowest BCUT2D eigenvalue weighted by Crippen LogP contribution is -2.43. The zero-order valence-electron chi connectivity index (χ0n) is 36.3. The monoisotopic (exact) mass is 831 g/mol. The van der Waals surface area contributed by atoms with Gasteiger partial charge in [-0.25, -0.2) is 24.0 Å². The van der Waals surface area contributed by atoms with Crippen LogP contribution in [-0.4, -0.2) is 143 Å². The molecule has 0 aromatic rings. The molecule has 0 radical (unpaired) electrons. The number of esters is 1. The highest BCUT2D eigenvalue weighted by Gasteiger charge is 2.34. The number of nitrogens with zero attached hydrogens (tertiary/aromatic N) is 4. The topological polar surface area (TPSA) is 226 Å². The van der Waals surface area contributed by atoms with E-state index in [-0.39, 0.29) is 50.5 Å². The van der Waals surface area contributed by atoms with Crippen molar-refractivity contribution in [2.24, 2.45) is 0 Å². The molecule has 1 fully saturated rings. The molecule has 0 spiro atoms. The second-order valence-electron chi connectivity index (χ2n) is 17.4. The summed E-state index contributed by atoms with van der Waals surface area (Å²) in [6, 6.07) is 0. The van der Waals surface area contributed by atoms with E-state index >= 15 is 0 Å². The normalized spacial score (nSPS) is 13.3. The number of amides is 6. The molecule has 332 valence electrons. The van der Waals surface area contributed by atoms with E-state index in [0.29, 0.717) is 32.4 Å². The van der Waals surface area contributed by atoms with Crippen molar-refractivity contribution in [2.45, 2.75) is 144 Å². The largest absolute Gasteiger partial charge is 0.536 e. The zero-order valence-corrected chi connectivity index (χ0v) is 36.3. The SMILES string of the molecule is CC(C)(C)OC(=O)NCCCN(CCCCN(CCCN(CC(=O)OCOC(=O)ON1C(=O)CCC1=O)C(=O)OC(C)(C)C)C(=O)OC(C)(C)C)C(=O)OC(C)(C)C. The third-order valence-corrected chi connectivity index (χ3v) is 7.08. The van der Waals surface area contributed by atoms with E-state index in [1.807, 2.05) is 0 Å². The standard InChI is InChI=1S/C38H65N5O15/c1-35(2,3)54-30(47)39-19-15-22-40(31(48)55-36(4,5)6)20-13-14-21-41(32(49)56-37(7,8)9)23-16-24-42(33(50)57-38(10,11)12)25-29(46)52-26-53-34(51)58-43-27(44)17-18-28(43)45/h13-26H2,1-12H3,(H,39,47). The van der Waals surface area contributed by atoms with Gasteiger partial charge in [0.2, 0.25) is 6.79 Å². The van der Waals surface area contributed by atoms with Gasteiger partial charge in [-0.3, -0.25) is 24.1 Å². The molecule has 0 aromatic carbocycles. The molecule has 1 rings (SSSR count). The molecule has 1 aliphatic heterocycles. The third kappa shape index (κ3) is 23.3. The minimum absolute atomic E-state index is 0.0604. The number of alkyl carbamates (subject to hydrolysis) is 1. The van der Waals surface area contributed by atoms with Gasteiger partial charge in [-0.15, -0.1) is 0 Å². The molecule has 0 aliphatic carbocycles. The first-order chi connectivity index (χ1) is 26.5.